The van der Waals surface area contributed by atoms with Gasteiger partial charge in [-0.1, -0.05) is 18.2 Å². The Bertz CT molecular complexity index is 818. The maximum atomic E-state index is 12.6. The van der Waals surface area contributed by atoms with Crippen LogP contribution in [-0.2, 0) is 6.54 Å². The number of carbonyl (C=O) groups is 1. The second kappa shape index (κ2) is 10.8. The highest BCUT2D eigenvalue weighted by molar-refractivity contribution is 5.91. The normalized spacial score (nSPS) is 20.7. The Balaban J connectivity index is 1.25. The van der Waals surface area contributed by atoms with Gasteiger partial charge in [0.2, 0.25) is 0 Å². The maximum absolute atomic E-state index is 12.6. The summed E-state index contributed by atoms with van der Waals surface area (Å²) in [4.78, 5) is 19.3. The minimum absolute atomic E-state index is 0.0239. The topological polar surface area (TPSA) is 61.2 Å². The van der Waals surface area contributed by atoms with Crippen LogP contribution in [-0.4, -0.2) is 86.1 Å². The molecule has 2 aliphatic rings. The Labute approximate surface area is 184 Å². The molecule has 0 unspecified atom stereocenters. The van der Waals surface area contributed by atoms with Crippen molar-refractivity contribution in [3.8, 4) is 5.75 Å². The largest absolute Gasteiger partial charge is 0.492 e. The van der Waals surface area contributed by atoms with E-state index < -0.39 is 0 Å². The number of piperidine rings is 1. The Morgan fingerprint density at radius 3 is 2.77 bits per heavy atom. The molecule has 2 aliphatic heterocycles. The molecule has 0 saturated carbocycles. The molecule has 0 radical (unpaired) electrons. The van der Waals surface area contributed by atoms with Crippen LogP contribution in [0.25, 0.3) is 0 Å². The number of hydrogen-bond acceptors (Lipinski definition) is 6. The number of likely N-dealkylation sites (N-methyl/N-ethyl adjacent to an activating group) is 1. The number of ether oxygens (including phenoxy) is 1. The molecule has 1 aromatic heterocycles. The number of furan rings is 1. The van der Waals surface area contributed by atoms with Crippen molar-refractivity contribution in [3.05, 3.63) is 54.0 Å². The van der Waals surface area contributed by atoms with Crippen molar-refractivity contribution in [2.75, 3.05) is 59.5 Å². The number of likely N-dealkylation sites (tertiary alicyclic amines) is 1. The quantitative estimate of drug-likeness (QED) is 0.699. The predicted molar refractivity (Wildman–Crippen MR) is 120 cm³/mol. The Kier molecular flexibility index (Phi) is 7.61. The first-order chi connectivity index (χ1) is 15.2. The van der Waals surface area contributed by atoms with Crippen molar-refractivity contribution in [2.24, 2.45) is 0 Å². The lowest BCUT2D eigenvalue weighted by Gasteiger charge is -2.33. The SMILES string of the molecule is CN1CCN(CCOc2ccccc2CN[C@H]2CCCN(C(=O)c3ccco3)C2)CC1. The number of nitrogens with zero attached hydrogens (tertiary/aromatic N) is 3. The molecule has 168 valence electrons. The molecule has 0 spiro atoms. The molecule has 0 aliphatic carbocycles. The number of hydrogen-bond donors (Lipinski definition) is 1. The molecule has 7 nitrogen and oxygen atoms in total. The summed E-state index contributed by atoms with van der Waals surface area (Å²) in [6.45, 7) is 8.35. The first-order valence-electron chi connectivity index (χ1n) is 11.4. The maximum Gasteiger partial charge on any atom is 0.289 e. The van der Waals surface area contributed by atoms with Gasteiger partial charge in [0.1, 0.15) is 12.4 Å². The highest BCUT2D eigenvalue weighted by atomic mass is 16.5. The van der Waals surface area contributed by atoms with Gasteiger partial charge in [-0.05, 0) is 38.1 Å². The molecule has 2 saturated heterocycles. The van der Waals surface area contributed by atoms with Gasteiger partial charge in [-0.15, -0.1) is 0 Å². The molecule has 2 aromatic rings. The zero-order valence-corrected chi connectivity index (χ0v) is 18.5. The minimum atomic E-state index is -0.0239. The van der Waals surface area contributed by atoms with E-state index >= 15 is 0 Å². The number of para-hydroxylation sites is 1. The Morgan fingerprint density at radius 1 is 1.13 bits per heavy atom. The van der Waals surface area contributed by atoms with E-state index in [9.17, 15) is 4.79 Å². The number of rotatable bonds is 8. The third-order valence-corrected chi connectivity index (χ3v) is 6.26. The fourth-order valence-corrected chi connectivity index (χ4v) is 4.29. The van der Waals surface area contributed by atoms with Crippen LogP contribution in [0, 0.1) is 0 Å². The van der Waals surface area contributed by atoms with E-state index in [0.717, 1.165) is 70.0 Å². The van der Waals surface area contributed by atoms with Crippen molar-refractivity contribution >= 4 is 5.91 Å². The van der Waals surface area contributed by atoms with Gasteiger partial charge >= 0.3 is 0 Å². The Hall–Kier alpha value is -2.35. The van der Waals surface area contributed by atoms with Crippen LogP contribution in [0.4, 0.5) is 0 Å². The van der Waals surface area contributed by atoms with Gasteiger partial charge in [-0.2, -0.15) is 0 Å². The standard InChI is InChI=1S/C24H34N4O3/c1-26-11-13-27(14-12-26)15-17-31-22-8-3-2-6-20(22)18-25-21-7-4-10-28(19-21)24(29)23-9-5-16-30-23/h2-3,5-6,8-9,16,21,25H,4,7,10-15,17-19H2,1H3/t21-/m0/s1. The van der Waals surface area contributed by atoms with Crippen molar-refractivity contribution in [1.29, 1.82) is 0 Å². The summed E-state index contributed by atoms with van der Waals surface area (Å²) in [6.07, 6.45) is 3.61. The number of amides is 1. The summed E-state index contributed by atoms with van der Waals surface area (Å²) < 4.78 is 11.4. The van der Waals surface area contributed by atoms with Gasteiger partial charge in [0, 0.05) is 64.0 Å². The fraction of sp³-hybridized carbons (Fsp3) is 0.542. The van der Waals surface area contributed by atoms with E-state index in [2.05, 4.69) is 40.4 Å². The number of nitrogens with one attached hydrogen (secondary N) is 1. The van der Waals surface area contributed by atoms with Crippen LogP contribution < -0.4 is 10.1 Å². The highest BCUT2D eigenvalue weighted by Gasteiger charge is 2.25. The average molecular weight is 427 g/mol. The Morgan fingerprint density at radius 2 is 1.97 bits per heavy atom. The molecule has 1 aromatic carbocycles. The molecule has 0 bridgehead atoms. The van der Waals surface area contributed by atoms with E-state index in [4.69, 9.17) is 9.15 Å². The zero-order chi connectivity index (χ0) is 21.5. The van der Waals surface area contributed by atoms with Gasteiger partial charge < -0.3 is 24.3 Å². The van der Waals surface area contributed by atoms with Crippen LogP contribution in [0.3, 0.4) is 0 Å². The predicted octanol–water partition coefficient (Wildman–Crippen LogP) is 2.30. The van der Waals surface area contributed by atoms with Crippen LogP contribution in [0.1, 0.15) is 29.0 Å². The zero-order valence-electron chi connectivity index (χ0n) is 18.5. The molecular weight excluding hydrogens is 392 g/mol. The van der Waals surface area contributed by atoms with Crippen molar-refractivity contribution < 1.29 is 13.9 Å². The summed E-state index contributed by atoms with van der Waals surface area (Å²) in [6, 6.07) is 12.0. The smallest absolute Gasteiger partial charge is 0.289 e. The van der Waals surface area contributed by atoms with Crippen molar-refractivity contribution in [3.63, 3.8) is 0 Å². The third kappa shape index (κ3) is 6.09. The van der Waals surface area contributed by atoms with Crippen molar-refractivity contribution in [1.82, 2.24) is 20.0 Å². The average Bonchev–Trinajstić information content (AvgIpc) is 3.34. The third-order valence-electron chi connectivity index (χ3n) is 6.26. The van der Waals surface area contributed by atoms with Gasteiger partial charge in [-0.3, -0.25) is 9.69 Å². The van der Waals surface area contributed by atoms with Gasteiger partial charge in [-0.25, -0.2) is 0 Å². The highest BCUT2D eigenvalue weighted by Crippen LogP contribution is 2.20. The number of carbonyl (C=O) groups excluding carboxylic acids is 1. The number of piperazine rings is 1. The van der Waals surface area contributed by atoms with E-state index in [-0.39, 0.29) is 11.9 Å². The van der Waals surface area contributed by atoms with Crippen LogP contribution in [0.5, 0.6) is 5.75 Å². The van der Waals surface area contributed by atoms with Gasteiger partial charge in [0.25, 0.3) is 5.91 Å². The second-order valence-electron chi connectivity index (χ2n) is 8.55. The summed E-state index contributed by atoms with van der Waals surface area (Å²) in [5.74, 6) is 1.34. The van der Waals surface area contributed by atoms with Crippen molar-refractivity contribution in [2.45, 2.75) is 25.4 Å². The molecular formula is C24H34N4O3. The molecule has 1 atom stereocenters. The summed E-state index contributed by atoms with van der Waals surface area (Å²) in [5, 5.41) is 3.63. The van der Waals surface area contributed by atoms with E-state index in [1.807, 2.05) is 11.0 Å². The molecule has 3 heterocycles. The van der Waals surface area contributed by atoms with Gasteiger partial charge in [0.15, 0.2) is 5.76 Å². The molecule has 4 rings (SSSR count). The van der Waals surface area contributed by atoms with Crippen LogP contribution >= 0.6 is 0 Å². The first kappa shape index (κ1) is 21.9. The monoisotopic (exact) mass is 426 g/mol. The van der Waals surface area contributed by atoms with Gasteiger partial charge in [0.05, 0.1) is 6.26 Å². The fourth-order valence-electron chi connectivity index (χ4n) is 4.29. The summed E-state index contributed by atoms with van der Waals surface area (Å²) in [5.41, 5.74) is 1.16. The lowest BCUT2D eigenvalue weighted by molar-refractivity contribution is 0.0662. The first-order valence-corrected chi connectivity index (χ1v) is 11.4. The second-order valence-corrected chi connectivity index (χ2v) is 8.55. The molecule has 7 heteroatoms. The molecule has 1 N–H and O–H groups in total. The summed E-state index contributed by atoms with van der Waals surface area (Å²) >= 11 is 0. The minimum Gasteiger partial charge on any atom is -0.492 e. The van der Waals surface area contributed by atoms with Crippen LogP contribution in [0.2, 0.25) is 0 Å². The molecule has 31 heavy (non-hydrogen) atoms. The molecule has 2 fully saturated rings. The number of benzene rings is 1. The lowest BCUT2D eigenvalue weighted by atomic mass is 10.0. The lowest BCUT2D eigenvalue weighted by Crippen LogP contribution is -2.47. The van der Waals surface area contributed by atoms with E-state index in [1.165, 1.54) is 0 Å². The van der Waals surface area contributed by atoms with E-state index in [0.29, 0.717) is 18.9 Å². The summed E-state index contributed by atoms with van der Waals surface area (Å²) in [7, 11) is 2.18. The van der Waals surface area contributed by atoms with E-state index in [1.54, 1.807) is 18.4 Å². The molecule has 1 amide bonds. The van der Waals surface area contributed by atoms with Crippen LogP contribution in [0.15, 0.2) is 47.1 Å².